The van der Waals surface area contributed by atoms with Gasteiger partial charge in [0.05, 0.1) is 5.56 Å². The number of piperidine rings is 2. The van der Waals surface area contributed by atoms with E-state index in [0.717, 1.165) is 25.1 Å². The van der Waals surface area contributed by atoms with Gasteiger partial charge in [0.15, 0.2) is 0 Å². The number of ether oxygens (including phenoxy) is 1. The van der Waals surface area contributed by atoms with Gasteiger partial charge in [-0.25, -0.2) is 9.78 Å². The molecule has 6 nitrogen and oxygen atoms in total. The predicted molar refractivity (Wildman–Crippen MR) is 103 cm³/mol. The van der Waals surface area contributed by atoms with Gasteiger partial charge in [-0.2, -0.15) is 13.2 Å². The number of amides is 2. The topological polar surface area (TPSA) is 62.7 Å². The van der Waals surface area contributed by atoms with E-state index < -0.39 is 17.3 Å². The Bertz CT molecular complexity index is 850. The maximum Gasteiger partial charge on any atom is 0.417 e. The van der Waals surface area contributed by atoms with Crippen molar-refractivity contribution in [3.8, 4) is 0 Å². The van der Waals surface area contributed by atoms with Gasteiger partial charge in [-0.05, 0) is 58.1 Å². The van der Waals surface area contributed by atoms with Gasteiger partial charge < -0.3 is 9.64 Å². The Morgan fingerprint density at radius 1 is 1.23 bits per heavy atom. The minimum atomic E-state index is -4.46. The number of nitrogens with zero attached hydrogens (tertiary/aromatic N) is 3. The van der Waals surface area contributed by atoms with E-state index >= 15 is 0 Å². The van der Waals surface area contributed by atoms with Crippen molar-refractivity contribution < 1.29 is 27.5 Å². The Labute approximate surface area is 173 Å². The van der Waals surface area contributed by atoms with E-state index in [0.29, 0.717) is 25.9 Å². The molecule has 5 rings (SSSR count). The van der Waals surface area contributed by atoms with Gasteiger partial charge in [0.1, 0.15) is 11.4 Å². The molecule has 3 saturated heterocycles. The lowest BCUT2D eigenvalue weighted by Crippen LogP contribution is -2.60. The number of carbonyl (C=O) groups excluding carboxylic acids is 2. The van der Waals surface area contributed by atoms with Gasteiger partial charge >= 0.3 is 12.3 Å². The normalized spacial score (nSPS) is 29.1. The van der Waals surface area contributed by atoms with Crippen LogP contribution in [-0.4, -0.2) is 46.6 Å². The van der Waals surface area contributed by atoms with Crippen molar-refractivity contribution in [2.24, 2.45) is 11.3 Å². The molecule has 0 N–H and O–H groups in total. The van der Waals surface area contributed by atoms with E-state index in [9.17, 15) is 22.8 Å². The van der Waals surface area contributed by atoms with E-state index in [-0.39, 0.29) is 35.2 Å². The summed E-state index contributed by atoms with van der Waals surface area (Å²) in [6.45, 7) is 6.46. The Hall–Kier alpha value is -2.32. The molecule has 2 unspecified atom stereocenters. The summed E-state index contributed by atoms with van der Waals surface area (Å²) in [7, 11) is 0. The summed E-state index contributed by atoms with van der Waals surface area (Å²) in [6.07, 6.45) is -1.19. The number of alkyl halides is 3. The molecule has 2 amide bonds. The van der Waals surface area contributed by atoms with Crippen molar-refractivity contribution in [2.45, 2.75) is 64.3 Å². The second-order valence-electron chi connectivity index (χ2n) is 9.69. The number of hydrogen-bond acceptors (Lipinski definition) is 4. The summed E-state index contributed by atoms with van der Waals surface area (Å²) in [4.78, 5) is 32.5. The third-order valence-electron chi connectivity index (χ3n) is 6.47. The smallest absolute Gasteiger partial charge is 0.417 e. The summed E-state index contributed by atoms with van der Waals surface area (Å²) < 4.78 is 43.9. The van der Waals surface area contributed by atoms with Crippen molar-refractivity contribution >= 4 is 17.8 Å². The maximum atomic E-state index is 12.8. The molecule has 3 aliphatic heterocycles. The summed E-state index contributed by atoms with van der Waals surface area (Å²) in [5.41, 5.74) is -1.68. The van der Waals surface area contributed by atoms with Gasteiger partial charge in [0.2, 0.25) is 5.91 Å². The SMILES string of the molecule is CC(C)(C)OC(=O)N1CC2CCC1C[C@@]21CC(=O)N(c2ccc(C(F)(F)F)cn2)C1. The first-order chi connectivity index (χ1) is 13.9. The Morgan fingerprint density at radius 2 is 1.97 bits per heavy atom. The average Bonchev–Trinajstić information content (AvgIpc) is 2.96. The van der Waals surface area contributed by atoms with Crippen LogP contribution in [0.15, 0.2) is 18.3 Å². The first kappa shape index (κ1) is 20.9. The number of pyridine rings is 1. The van der Waals surface area contributed by atoms with Gasteiger partial charge in [0, 0.05) is 37.2 Å². The van der Waals surface area contributed by atoms with Crippen LogP contribution in [0.4, 0.5) is 23.8 Å². The molecule has 3 atom stereocenters. The van der Waals surface area contributed by atoms with E-state index in [1.807, 2.05) is 20.8 Å². The second-order valence-corrected chi connectivity index (χ2v) is 9.69. The summed E-state index contributed by atoms with van der Waals surface area (Å²) >= 11 is 0. The minimum Gasteiger partial charge on any atom is -0.444 e. The molecule has 1 aromatic rings. The number of aromatic nitrogens is 1. The highest BCUT2D eigenvalue weighted by Crippen LogP contribution is 2.53. The molecule has 4 fully saturated rings. The number of rotatable bonds is 1. The highest BCUT2D eigenvalue weighted by atomic mass is 19.4. The van der Waals surface area contributed by atoms with Crippen LogP contribution in [0.2, 0.25) is 0 Å². The van der Waals surface area contributed by atoms with Crippen LogP contribution in [0, 0.1) is 11.3 Å². The molecular formula is C21H26F3N3O3. The first-order valence-corrected chi connectivity index (χ1v) is 10.2. The average molecular weight is 425 g/mol. The Balaban J connectivity index is 1.50. The van der Waals surface area contributed by atoms with Crippen LogP contribution < -0.4 is 4.90 Å². The number of hydrogen-bond donors (Lipinski definition) is 0. The zero-order chi connectivity index (χ0) is 21.9. The van der Waals surface area contributed by atoms with Gasteiger partial charge in [0.25, 0.3) is 0 Å². The fourth-order valence-corrected chi connectivity index (χ4v) is 5.11. The van der Waals surface area contributed by atoms with E-state index in [1.165, 1.54) is 11.0 Å². The molecule has 1 aliphatic carbocycles. The summed E-state index contributed by atoms with van der Waals surface area (Å²) in [5.74, 6) is 0.271. The van der Waals surface area contributed by atoms with Crippen molar-refractivity contribution in [3.05, 3.63) is 23.9 Å². The van der Waals surface area contributed by atoms with Gasteiger partial charge in [-0.1, -0.05) is 0 Å². The molecule has 1 spiro atoms. The molecule has 0 radical (unpaired) electrons. The molecule has 1 aromatic heterocycles. The number of fused-ring (bicyclic) bond motifs is 2. The molecule has 9 heteroatoms. The fraction of sp³-hybridized carbons (Fsp3) is 0.667. The van der Waals surface area contributed by atoms with Crippen LogP contribution >= 0.6 is 0 Å². The van der Waals surface area contributed by atoms with Crippen molar-refractivity contribution in [1.82, 2.24) is 9.88 Å². The molecule has 0 aromatic carbocycles. The third-order valence-corrected chi connectivity index (χ3v) is 6.47. The molecule has 4 aliphatic rings. The molecule has 2 bridgehead atoms. The Kier molecular flexibility index (Phi) is 4.78. The lowest BCUT2D eigenvalue weighted by Gasteiger charge is -2.54. The van der Waals surface area contributed by atoms with Crippen molar-refractivity contribution in [1.29, 1.82) is 0 Å². The standard InChI is InChI=1S/C21H26F3N3O3/c1-19(2,3)30-18(29)26-11-14-4-6-15(26)8-20(14)9-17(28)27(12-20)16-7-5-13(10-25-16)21(22,23)24/h5,7,10,14-15H,4,6,8-9,11-12H2,1-3H3/t14?,15?,20-/m0/s1. The lowest BCUT2D eigenvalue weighted by molar-refractivity contribution is -0.137. The second kappa shape index (κ2) is 6.85. The van der Waals surface area contributed by atoms with E-state index in [2.05, 4.69) is 4.98 Å². The van der Waals surface area contributed by atoms with Crippen LogP contribution in [-0.2, 0) is 15.7 Å². The van der Waals surface area contributed by atoms with Crippen molar-refractivity contribution in [3.63, 3.8) is 0 Å². The zero-order valence-electron chi connectivity index (χ0n) is 17.3. The lowest BCUT2D eigenvalue weighted by atomic mass is 9.61. The Morgan fingerprint density at radius 3 is 2.50 bits per heavy atom. The van der Waals surface area contributed by atoms with Crippen LogP contribution in [0.25, 0.3) is 0 Å². The molecule has 4 heterocycles. The number of anilines is 1. The van der Waals surface area contributed by atoms with E-state index in [1.54, 1.807) is 4.90 Å². The van der Waals surface area contributed by atoms with Gasteiger partial charge in [-0.3, -0.25) is 9.69 Å². The minimum absolute atomic E-state index is 0.0122. The fourth-order valence-electron chi connectivity index (χ4n) is 5.11. The number of halogens is 3. The monoisotopic (exact) mass is 425 g/mol. The van der Waals surface area contributed by atoms with E-state index in [4.69, 9.17) is 4.74 Å². The van der Waals surface area contributed by atoms with Crippen LogP contribution in [0.3, 0.4) is 0 Å². The highest BCUT2D eigenvalue weighted by molar-refractivity contribution is 5.95. The summed E-state index contributed by atoms with van der Waals surface area (Å²) in [6, 6.07) is 2.23. The quantitative estimate of drug-likeness (QED) is 0.675. The van der Waals surface area contributed by atoms with Crippen LogP contribution in [0.1, 0.15) is 52.0 Å². The third kappa shape index (κ3) is 3.74. The predicted octanol–water partition coefficient (Wildman–Crippen LogP) is 4.24. The molecular weight excluding hydrogens is 399 g/mol. The summed E-state index contributed by atoms with van der Waals surface area (Å²) in [5, 5.41) is 0. The van der Waals surface area contributed by atoms with Gasteiger partial charge in [-0.15, -0.1) is 0 Å². The van der Waals surface area contributed by atoms with Crippen molar-refractivity contribution in [2.75, 3.05) is 18.0 Å². The highest BCUT2D eigenvalue weighted by Gasteiger charge is 2.57. The number of carbonyl (C=O) groups is 2. The molecule has 1 saturated carbocycles. The molecule has 164 valence electrons. The zero-order valence-corrected chi connectivity index (χ0v) is 17.3. The first-order valence-electron chi connectivity index (χ1n) is 10.2. The maximum absolute atomic E-state index is 12.8. The van der Waals surface area contributed by atoms with Crippen LogP contribution in [0.5, 0.6) is 0 Å². The largest absolute Gasteiger partial charge is 0.444 e. The molecule has 30 heavy (non-hydrogen) atoms.